The Hall–Kier alpha value is -4.73. The van der Waals surface area contributed by atoms with E-state index in [1.165, 1.54) is 51.4 Å². The Morgan fingerprint density at radius 3 is 2.33 bits per heavy atom. The highest BCUT2D eigenvalue weighted by Crippen LogP contribution is 2.32. The zero-order chi connectivity index (χ0) is 33.7. The van der Waals surface area contributed by atoms with Crippen molar-refractivity contribution in [3.63, 3.8) is 0 Å². The van der Waals surface area contributed by atoms with E-state index < -0.39 is 6.04 Å². The average Bonchev–Trinajstić information content (AvgIpc) is 3.64. The predicted molar refractivity (Wildman–Crippen MR) is 191 cm³/mol. The van der Waals surface area contributed by atoms with Gasteiger partial charge in [-0.3, -0.25) is 15.0 Å². The summed E-state index contributed by atoms with van der Waals surface area (Å²) >= 11 is 0. The van der Waals surface area contributed by atoms with Gasteiger partial charge in [0.25, 0.3) is 5.91 Å². The normalized spacial score (nSPS) is 15.3. The lowest BCUT2D eigenvalue weighted by atomic mass is 10.1. The highest BCUT2D eigenvalue weighted by molar-refractivity contribution is 6.11. The minimum Gasteiger partial charge on any atom is -0.495 e. The van der Waals surface area contributed by atoms with Gasteiger partial charge in [0.1, 0.15) is 11.3 Å². The van der Waals surface area contributed by atoms with Gasteiger partial charge in [-0.2, -0.15) is 0 Å². The first kappa shape index (κ1) is 34.6. The number of ether oxygens (including phenoxy) is 1. The molecule has 2 heterocycles. The Balaban J connectivity index is 1.26. The number of aryl methyl sites for hydroxylation is 1. The largest absolute Gasteiger partial charge is 0.495 e. The van der Waals surface area contributed by atoms with Crippen LogP contribution in [0.15, 0.2) is 71.7 Å². The van der Waals surface area contributed by atoms with Gasteiger partial charge >= 0.3 is 0 Å². The van der Waals surface area contributed by atoms with Crippen molar-refractivity contribution in [1.29, 1.82) is 0 Å². The number of para-hydroxylation sites is 1. The van der Waals surface area contributed by atoms with Crippen LogP contribution in [-0.2, 0) is 16.1 Å². The zero-order valence-electron chi connectivity index (χ0n) is 28.6. The maximum absolute atomic E-state index is 13.9. The second-order valence-corrected chi connectivity index (χ2v) is 12.6. The topological polar surface area (TPSA) is 114 Å². The number of unbranched alkanes of at least 4 members (excludes halogenated alkanes) is 10. The molecule has 2 N–H and O–H groups in total. The second-order valence-electron chi connectivity index (χ2n) is 12.6. The van der Waals surface area contributed by atoms with E-state index in [1.54, 1.807) is 35.0 Å². The van der Waals surface area contributed by atoms with Crippen molar-refractivity contribution in [3.8, 4) is 5.75 Å². The summed E-state index contributed by atoms with van der Waals surface area (Å²) in [5.74, 6) is 0.706. The van der Waals surface area contributed by atoms with Crippen LogP contribution in [0.25, 0.3) is 11.0 Å². The monoisotopic (exact) mass is 651 g/mol. The molecule has 1 fully saturated rings. The Bertz CT molecular complexity index is 1680. The number of nitrogens with zero attached hydrogens (tertiary/aromatic N) is 5. The summed E-state index contributed by atoms with van der Waals surface area (Å²) in [4.78, 5) is 31.8. The number of carbonyl (C=O) groups excluding carboxylic acids is 2. The highest BCUT2D eigenvalue weighted by Gasteiger charge is 2.41. The molecular formula is C38H49N7O3. The number of fused-ring (bicyclic) bond motifs is 1. The number of anilines is 1. The third-order valence-electron chi connectivity index (χ3n) is 8.85. The molecule has 10 heteroatoms. The molecule has 5 rings (SSSR count). The summed E-state index contributed by atoms with van der Waals surface area (Å²) < 4.78 is 7.20. The van der Waals surface area contributed by atoms with E-state index in [1.807, 2.05) is 55.5 Å². The van der Waals surface area contributed by atoms with Gasteiger partial charge in [0, 0.05) is 6.42 Å². The van der Waals surface area contributed by atoms with Crippen LogP contribution in [0, 0.1) is 6.92 Å². The van der Waals surface area contributed by atoms with Crippen molar-refractivity contribution < 1.29 is 14.3 Å². The first-order valence-electron chi connectivity index (χ1n) is 17.5. The molecule has 1 aliphatic rings. The van der Waals surface area contributed by atoms with Crippen molar-refractivity contribution in [1.82, 2.24) is 25.4 Å². The van der Waals surface area contributed by atoms with Crippen LogP contribution in [0.2, 0.25) is 0 Å². The number of aliphatic imine (C=N–C) groups is 1. The van der Waals surface area contributed by atoms with Crippen molar-refractivity contribution in [2.24, 2.45) is 4.99 Å². The number of carbonyl (C=O) groups is 2. The minimum atomic E-state index is -0.846. The Labute approximate surface area is 283 Å². The van der Waals surface area contributed by atoms with Crippen molar-refractivity contribution in [2.45, 2.75) is 103 Å². The number of amidine groups is 1. The number of hydrogen-bond donors (Lipinski definition) is 2. The minimum absolute atomic E-state index is 0.0559. The van der Waals surface area contributed by atoms with Gasteiger partial charge in [-0.15, -0.1) is 5.10 Å². The fraction of sp³-hybridized carbons (Fsp3) is 0.447. The van der Waals surface area contributed by atoms with E-state index in [-0.39, 0.29) is 11.8 Å². The van der Waals surface area contributed by atoms with E-state index in [0.717, 1.165) is 35.9 Å². The van der Waals surface area contributed by atoms with Crippen molar-refractivity contribution in [3.05, 3.63) is 77.9 Å². The molecule has 1 atom stereocenters. The van der Waals surface area contributed by atoms with Gasteiger partial charge in [-0.05, 0) is 48.7 Å². The lowest BCUT2D eigenvalue weighted by molar-refractivity contribution is -0.132. The first-order valence-corrected chi connectivity index (χ1v) is 17.5. The summed E-state index contributed by atoms with van der Waals surface area (Å²) in [6, 6.07) is 20.1. The first-order chi connectivity index (χ1) is 23.5. The lowest BCUT2D eigenvalue weighted by Gasteiger charge is -2.16. The molecule has 10 nitrogen and oxygen atoms in total. The van der Waals surface area contributed by atoms with Gasteiger partial charge in [0.15, 0.2) is 11.9 Å². The molecule has 254 valence electrons. The molecule has 2 amide bonds. The number of hydrogen-bond acceptors (Lipinski definition) is 6. The van der Waals surface area contributed by atoms with Gasteiger partial charge in [-0.1, -0.05) is 119 Å². The van der Waals surface area contributed by atoms with Crippen LogP contribution in [0.4, 0.5) is 11.4 Å². The van der Waals surface area contributed by atoms with Crippen molar-refractivity contribution in [2.75, 3.05) is 12.4 Å². The van der Waals surface area contributed by atoms with Gasteiger partial charge in [0.05, 0.1) is 30.5 Å². The fourth-order valence-corrected chi connectivity index (χ4v) is 6.22. The number of benzene rings is 3. The maximum atomic E-state index is 13.9. The second kappa shape index (κ2) is 17.4. The molecule has 1 saturated heterocycles. The van der Waals surface area contributed by atoms with Crippen LogP contribution in [0.3, 0.4) is 0 Å². The maximum Gasteiger partial charge on any atom is 0.274 e. The standard InChI is InChI=1S/C38H49N7O3/c1-4-5-6-7-8-9-10-11-12-13-17-23-34(46)40-32-26-30(24-25-33(32)48-3)39-37-36(45-35-28(2)19-18-22-31(35)41-43-45)38(47)44(42-37)27-29-20-15-14-16-21-29/h14-16,18-22,24-26,36H,4-13,17,23,27H2,1-3H3,(H,39,42)(H,40,46). The Kier molecular flexibility index (Phi) is 12.6. The van der Waals surface area contributed by atoms with Crippen molar-refractivity contribution >= 4 is 40.1 Å². The molecule has 0 radical (unpaired) electrons. The number of methoxy groups -OCH3 is 1. The third-order valence-corrected chi connectivity index (χ3v) is 8.85. The van der Waals surface area contributed by atoms with Crippen LogP contribution in [0.1, 0.15) is 101 Å². The number of rotatable bonds is 18. The van der Waals surface area contributed by atoms with E-state index in [0.29, 0.717) is 41.4 Å². The van der Waals surface area contributed by atoms with E-state index in [9.17, 15) is 9.59 Å². The number of amides is 2. The third kappa shape index (κ3) is 8.99. The molecule has 0 spiro atoms. The number of nitrogens with one attached hydrogen (secondary N) is 2. The number of hydrazine groups is 1. The van der Waals surface area contributed by atoms with Crippen LogP contribution in [0.5, 0.6) is 5.75 Å². The quantitative estimate of drug-likeness (QED) is 0.105. The predicted octanol–water partition coefficient (Wildman–Crippen LogP) is 8.21. The smallest absolute Gasteiger partial charge is 0.274 e. The fourth-order valence-electron chi connectivity index (χ4n) is 6.22. The summed E-state index contributed by atoms with van der Waals surface area (Å²) in [6.07, 6.45) is 14.0. The number of aromatic nitrogens is 3. The summed E-state index contributed by atoms with van der Waals surface area (Å²) in [6.45, 7) is 4.58. The summed E-state index contributed by atoms with van der Waals surface area (Å²) in [5, 5.41) is 13.3. The SMILES string of the molecule is CCCCCCCCCCCCCC(=O)Nc1cc(N=C2NN(Cc3ccccc3)C(=O)C2n2nnc3cccc(C)c32)ccc1OC. The van der Waals surface area contributed by atoms with E-state index in [2.05, 4.69) is 28.0 Å². The molecule has 0 bridgehead atoms. The molecule has 1 aliphatic heterocycles. The molecule has 1 aromatic heterocycles. The van der Waals surface area contributed by atoms with Crippen LogP contribution in [-0.4, -0.2) is 44.8 Å². The summed E-state index contributed by atoms with van der Waals surface area (Å²) in [5.41, 5.74) is 7.75. The summed E-state index contributed by atoms with van der Waals surface area (Å²) in [7, 11) is 1.58. The molecule has 4 aromatic rings. The van der Waals surface area contributed by atoms with Crippen LogP contribution < -0.4 is 15.5 Å². The van der Waals surface area contributed by atoms with Gasteiger partial charge in [0.2, 0.25) is 5.91 Å². The highest BCUT2D eigenvalue weighted by atomic mass is 16.5. The van der Waals surface area contributed by atoms with Gasteiger partial charge in [-0.25, -0.2) is 14.7 Å². The molecule has 0 aliphatic carbocycles. The van der Waals surface area contributed by atoms with E-state index >= 15 is 0 Å². The molecule has 3 aromatic carbocycles. The Morgan fingerprint density at radius 1 is 0.917 bits per heavy atom. The van der Waals surface area contributed by atoms with Crippen LogP contribution >= 0.6 is 0 Å². The average molecular weight is 652 g/mol. The molecule has 48 heavy (non-hydrogen) atoms. The van der Waals surface area contributed by atoms with E-state index in [4.69, 9.17) is 9.73 Å². The molecular weight excluding hydrogens is 602 g/mol. The molecule has 1 unspecified atom stereocenters. The lowest BCUT2D eigenvalue weighted by Crippen LogP contribution is -2.35. The molecule has 0 saturated carbocycles. The van der Waals surface area contributed by atoms with Gasteiger partial charge < -0.3 is 10.1 Å². The zero-order valence-corrected chi connectivity index (χ0v) is 28.6. The Morgan fingerprint density at radius 2 is 1.62 bits per heavy atom.